The molecule has 1 rings (SSSR count). The molecule has 1 aromatic heterocycles. The van der Waals surface area contributed by atoms with Crippen molar-refractivity contribution in [1.29, 1.82) is 0 Å². The van der Waals surface area contributed by atoms with Gasteiger partial charge in [0, 0.05) is 39.0 Å². The van der Waals surface area contributed by atoms with E-state index < -0.39 is 10.2 Å². The fourth-order valence-electron chi connectivity index (χ4n) is 0.969. The van der Waals surface area contributed by atoms with E-state index in [0.29, 0.717) is 0 Å². The van der Waals surface area contributed by atoms with Crippen molar-refractivity contribution in [1.82, 2.24) is 4.72 Å². The Hall–Kier alpha value is -1.14. The summed E-state index contributed by atoms with van der Waals surface area (Å²) in [4.78, 5) is 1.90. The Bertz CT molecular complexity index is 400. The third-order valence-electron chi connectivity index (χ3n) is 1.84. The monoisotopic (exact) mass is 276 g/mol. The Morgan fingerprint density at radius 3 is 1.72 bits per heavy atom. The van der Waals surface area contributed by atoms with Gasteiger partial charge in [0.1, 0.15) is 0 Å². The van der Waals surface area contributed by atoms with Crippen molar-refractivity contribution in [3.63, 3.8) is 0 Å². The van der Waals surface area contributed by atoms with Gasteiger partial charge in [-0.3, -0.25) is 0 Å². The number of aromatic nitrogens is 1. The Morgan fingerprint density at radius 1 is 1.06 bits per heavy atom. The molecule has 0 aliphatic rings. The van der Waals surface area contributed by atoms with Crippen LogP contribution in [0.1, 0.15) is 27.7 Å². The molecule has 0 aliphatic carbocycles. The molecule has 6 heteroatoms. The topological polar surface area (TPSA) is 53.3 Å². The summed E-state index contributed by atoms with van der Waals surface area (Å²) in [7, 11) is 1.77. The lowest BCUT2D eigenvalue weighted by atomic mass is 10.4. The first-order valence-electron chi connectivity index (χ1n) is 6.10. The Labute approximate surface area is 112 Å². The van der Waals surface area contributed by atoms with Gasteiger partial charge < -0.3 is 4.90 Å². The van der Waals surface area contributed by atoms with E-state index in [1.54, 1.807) is 12.1 Å². The second-order valence-corrected chi connectivity index (χ2v) is 4.77. The fourth-order valence-corrected chi connectivity index (χ4v) is 1.62. The molecule has 18 heavy (non-hydrogen) atoms. The van der Waals surface area contributed by atoms with Crippen LogP contribution in [0.3, 0.4) is 0 Å². The van der Waals surface area contributed by atoms with E-state index in [0.717, 1.165) is 9.66 Å². The van der Waals surface area contributed by atoms with Crippen LogP contribution in [0.15, 0.2) is 24.5 Å². The van der Waals surface area contributed by atoms with Gasteiger partial charge in [-0.2, -0.15) is 4.72 Å². The molecule has 0 fully saturated rings. The van der Waals surface area contributed by atoms with Crippen LogP contribution in [0.5, 0.6) is 0 Å². The lowest BCUT2D eigenvalue weighted by Crippen LogP contribution is -2.48. The molecule has 0 atom stereocenters. The highest BCUT2D eigenvalue weighted by Crippen LogP contribution is 2.05. The molecule has 0 radical (unpaired) electrons. The predicted octanol–water partition coefficient (Wildman–Crippen LogP) is 1.40. The standard InChI is InChI=1S/C8H14N3O2S.2C2H6/c1-9-14(12,13)11-6-4-8(5-7-11)10(2)3;2*1-2/h4-7,9H,1-3H3;2*1-2H3/q+1;;. The second kappa shape index (κ2) is 9.85. The normalized spacial score (nSPS) is 9.50. The first-order chi connectivity index (χ1) is 8.47. The minimum Gasteiger partial charge on any atom is -0.377 e. The summed E-state index contributed by atoms with van der Waals surface area (Å²) in [6, 6.07) is 3.46. The SMILES string of the molecule is CC.CC.CNS(=O)(=O)[n+]1ccc(N(C)C)cc1. The maximum atomic E-state index is 11.3. The smallest absolute Gasteiger partial charge is 0.377 e. The van der Waals surface area contributed by atoms with E-state index in [1.807, 2.05) is 46.7 Å². The molecule has 0 aromatic carbocycles. The van der Waals surface area contributed by atoms with Gasteiger partial charge in [-0.05, 0) is 0 Å². The number of rotatable bonds is 3. The van der Waals surface area contributed by atoms with Gasteiger partial charge in [0.05, 0.1) is 0 Å². The van der Waals surface area contributed by atoms with E-state index in [-0.39, 0.29) is 0 Å². The number of pyridine rings is 1. The van der Waals surface area contributed by atoms with Crippen LogP contribution in [-0.2, 0) is 10.2 Å². The lowest BCUT2D eigenvalue weighted by Gasteiger charge is -2.09. The number of hydrogen-bond acceptors (Lipinski definition) is 3. The largest absolute Gasteiger partial charge is 0.444 e. The molecule has 0 amide bonds. The maximum absolute atomic E-state index is 11.3. The average Bonchev–Trinajstić information content (AvgIpc) is 2.43. The quantitative estimate of drug-likeness (QED) is 0.849. The molecular weight excluding hydrogens is 250 g/mol. The zero-order valence-corrected chi connectivity index (χ0v) is 13.2. The van der Waals surface area contributed by atoms with E-state index in [1.165, 1.54) is 19.4 Å². The highest BCUT2D eigenvalue weighted by Gasteiger charge is 2.17. The predicted molar refractivity (Wildman–Crippen MR) is 77.0 cm³/mol. The molecule has 0 unspecified atom stereocenters. The first kappa shape index (κ1) is 19.2. The summed E-state index contributed by atoms with van der Waals surface area (Å²) in [6.45, 7) is 8.00. The number of hydrogen-bond donors (Lipinski definition) is 1. The maximum Gasteiger partial charge on any atom is 0.444 e. The fraction of sp³-hybridized carbons (Fsp3) is 0.583. The van der Waals surface area contributed by atoms with E-state index in [4.69, 9.17) is 0 Å². The highest BCUT2D eigenvalue weighted by atomic mass is 32.2. The van der Waals surface area contributed by atoms with E-state index in [9.17, 15) is 8.42 Å². The minimum absolute atomic E-state index is 0.951. The van der Waals surface area contributed by atoms with Gasteiger partial charge in [-0.25, -0.2) is 0 Å². The van der Waals surface area contributed by atoms with Gasteiger partial charge in [-0.15, -0.1) is 8.42 Å². The first-order valence-corrected chi connectivity index (χ1v) is 7.54. The van der Waals surface area contributed by atoms with Crippen LogP contribution in [0.25, 0.3) is 0 Å². The molecule has 1 aromatic rings. The minimum atomic E-state index is -3.39. The van der Waals surface area contributed by atoms with Gasteiger partial charge >= 0.3 is 10.2 Å². The van der Waals surface area contributed by atoms with Crippen molar-refractivity contribution in [2.75, 3.05) is 26.0 Å². The van der Waals surface area contributed by atoms with Crippen molar-refractivity contribution in [2.45, 2.75) is 27.7 Å². The molecule has 0 saturated carbocycles. The molecule has 1 heterocycles. The van der Waals surface area contributed by atoms with Gasteiger partial charge in [0.15, 0.2) is 12.4 Å². The summed E-state index contributed by atoms with van der Waals surface area (Å²) in [6.07, 6.45) is 3.00. The number of anilines is 1. The Balaban J connectivity index is 0. The molecule has 0 spiro atoms. The molecule has 0 bridgehead atoms. The summed E-state index contributed by atoms with van der Waals surface area (Å²) < 4.78 is 26.0. The summed E-state index contributed by atoms with van der Waals surface area (Å²) >= 11 is 0. The van der Waals surface area contributed by atoms with Gasteiger partial charge in [0.25, 0.3) is 0 Å². The van der Waals surface area contributed by atoms with Gasteiger partial charge in [0.2, 0.25) is 0 Å². The Kier molecular flexibility index (Phi) is 10.5. The second-order valence-electron chi connectivity index (χ2n) is 2.99. The van der Waals surface area contributed by atoms with Crippen LogP contribution >= 0.6 is 0 Å². The van der Waals surface area contributed by atoms with E-state index >= 15 is 0 Å². The summed E-state index contributed by atoms with van der Waals surface area (Å²) in [5.41, 5.74) is 0.951. The van der Waals surface area contributed by atoms with Crippen molar-refractivity contribution in [2.24, 2.45) is 0 Å². The molecular formula is C12H26N3O2S+. The highest BCUT2D eigenvalue weighted by molar-refractivity contribution is 7.82. The summed E-state index contributed by atoms with van der Waals surface area (Å²) in [5.74, 6) is 0. The molecule has 0 aliphatic heterocycles. The number of nitrogens with one attached hydrogen (secondary N) is 1. The van der Waals surface area contributed by atoms with Crippen LogP contribution < -0.4 is 13.6 Å². The Morgan fingerprint density at radius 2 is 1.44 bits per heavy atom. The zero-order chi connectivity index (χ0) is 14.8. The van der Waals surface area contributed by atoms with Crippen LogP contribution in [0.4, 0.5) is 5.69 Å². The zero-order valence-electron chi connectivity index (χ0n) is 12.4. The van der Waals surface area contributed by atoms with Crippen molar-refractivity contribution in [3.05, 3.63) is 24.5 Å². The lowest BCUT2D eigenvalue weighted by molar-refractivity contribution is -0.512. The van der Waals surface area contributed by atoms with Crippen molar-refractivity contribution in [3.8, 4) is 0 Å². The van der Waals surface area contributed by atoms with Crippen LogP contribution in [0, 0.1) is 0 Å². The van der Waals surface area contributed by atoms with E-state index in [2.05, 4.69) is 4.72 Å². The summed E-state index contributed by atoms with van der Waals surface area (Å²) in [5, 5.41) is 0. The van der Waals surface area contributed by atoms with Crippen LogP contribution in [0.2, 0.25) is 0 Å². The van der Waals surface area contributed by atoms with Crippen molar-refractivity contribution < 1.29 is 12.4 Å². The molecule has 5 nitrogen and oxygen atoms in total. The average molecular weight is 276 g/mol. The van der Waals surface area contributed by atoms with Crippen LogP contribution in [-0.4, -0.2) is 29.6 Å². The molecule has 1 N–H and O–H groups in total. The van der Waals surface area contributed by atoms with Gasteiger partial charge in [-0.1, -0.05) is 31.7 Å². The third-order valence-corrected chi connectivity index (χ3v) is 3.15. The number of nitrogens with zero attached hydrogens (tertiary/aromatic N) is 2. The molecule has 0 saturated heterocycles. The molecule has 106 valence electrons. The third kappa shape index (κ3) is 5.97. The van der Waals surface area contributed by atoms with Crippen molar-refractivity contribution >= 4 is 15.9 Å².